The van der Waals surface area contributed by atoms with Crippen molar-refractivity contribution in [1.82, 2.24) is 10.3 Å². The van der Waals surface area contributed by atoms with Crippen LogP contribution in [0.2, 0.25) is 0 Å². The summed E-state index contributed by atoms with van der Waals surface area (Å²) in [6, 6.07) is 1.98. The van der Waals surface area contributed by atoms with E-state index in [-0.39, 0.29) is 11.6 Å². The van der Waals surface area contributed by atoms with Gasteiger partial charge in [0.2, 0.25) is 0 Å². The van der Waals surface area contributed by atoms with Crippen LogP contribution in [0, 0.1) is 0 Å². The number of rotatable bonds is 6. The molecule has 0 radical (unpaired) electrons. The van der Waals surface area contributed by atoms with Crippen molar-refractivity contribution in [1.29, 1.82) is 0 Å². The third-order valence-corrected chi connectivity index (χ3v) is 2.41. The number of methoxy groups -OCH3 is 1. The molecule has 4 nitrogen and oxygen atoms in total. The van der Waals surface area contributed by atoms with Gasteiger partial charge in [-0.05, 0) is 33.8 Å². The molecule has 0 saturated heterocycles. The lowest BCUT2D eigenvalue weighted by Gasteiger charge is -2.22. The fraction of sp³-hybridized carbons (Fsp3) is 0.643. The van der Waals surface area contributed by atoms with Crippen molar-refractivity contribution in [3.8, 4) is 5.75 Å². The van der Waals surface area contributed by atoms with Crippen LogP contribution in [0.15, 0.2) is 18.5 Å². The highest BCUT2D eigenvalue weighted by Gasteiger charge is 2.12. The molecule has 1 aromatic rings. The molecule has 102 valence electrons. The smallest absolute Gasteiger partial charge is 0.142 e. The molecule has 4 heteroatoms. The molecule has 0 fully saturated rings. The van der Waals surface area contributed by atoms with Crippen LogP contribution in [0.25, 0.3) is 0 Å². The van der Waals surface area contributed by atoms with Gasteiger partial charge in [0, 0.05) is 31.0 Å². The summed E-state index contributed by atoms with van der Waals surface area (Å²) >= 11 is 0. The molecule has 1 rings (SSSR count). The average Bonchev–Trinajstić information content (AvgIpc) is 2.27. The average molecular weight is 252 g/mol. The third-order valence-electron chi connectivity index (χ3n) is 2.41. The molecule has 0 saturated carbocycles. The lowest BCUT2D eigenvalue weighted by Crippen LogP contribution is -2.35. The van der Waals surface area contributed by atoms with Crippen LogP contribution in [-0.4, -0.2) is 30.3 Å². The fourth-order valence-electron chi connectivity index (χ4n) is 1.51. The highest BCUT2D eigenvalue weighted by atomic mass is 16.5. The minimum Gasteiger partial charge on any atom is -0.486 e. The molecule has 0 bridgehead atoms. The number of nitrogens with zero attached hydrogens (tertiary/aromatic N) is 1. The number of hydrogen-bond acceptors (Lipinski definition) is 4. The number of ether oxygens (including phenoxy) is 2. The molecule has 1 unspecified atom stereocenters. The van der Waals surface area contributed by atoms with Gasteiger partial charge in [0.15, 0.2) is 0 Å². The van der Waals surface area contributed by atoms with Gasteiger partial charge in [0.1, 0.15) is 11.9 Å². The highest BCUT2D eigenvalue weighted by Crippen LogP contribution is 2.18. The Kier molecular flexibility index (Phi) is 5.56. The first-order chi connectivity index (χ1) is 8.42. The summed E-state index contributed by atoms with van der Waals surface area (Å²) in [7, 11) is 1.67. The van der Waals surface area contributed by atoms with Crippen molar-refractivity contribution in [2.24, 2.45) is 0 Å². The Morgan fingerprint density at radius 3 is 2.72 bits per heavy atom. The molecular formula is C14H24N2O2. The van der Waals surface area contributed by atoms with Gasteiger partial charge in [-0.3, -0.25) is 4.98 Å². The van der Waals surface area contributed by atoms with E-state index in [0.717, 1.165) is 17.9 Å². The van der Waals surface area contributed by atoms with Gasteiger partial charge in [0.05, 0.1) is 12.8 Å². The second-order valence-electron chi connectivity index (χ2n) is 5.47. The Labute approximate surface area is 110 Å². The van der Waals surface area contributed by atoms with Crippen LogP contribution in [0.5, 0.6) is 5.75 Å². The van der Waals surface area contributed by atoms with Gasteiger partial charge in [-0.15, -0.1) is 0 Å². The SMILES string of the molecule is COCC(C)Oc1cnccc1CNC(C)(C)C. The third kappa shape index (κ3) is 5.47. The maximum atomic E-state index is 5.82. The molecular weight excluding hydrogens is 228 g/mol. The molecule has 1 heterocycles. The molecule has 0 aromatic carbocycles. The fourth-order valence-corrected chi connectivity index (χ4v) is 1.51. The Hall–Kier alpha value is -1.13. The summed E-state index contributed by atoms with van der Waals surface area (Å²) in [5.74, 6) is 0.818. The highest BCUT2D eigenvalue weighted by molar-refractivity contribution is 5.30. The minimum absolute atomic E-state index is 0.0209. The van der Waals surface area contributed by atoms with Crippen LogP contribution in [0.1, 0.15) is 33.3 Å². The molecule has 0 amide bonds. The molecule has 1 atom stereocenters. The Morgan fingerprint density at radius 2 is 2.11 bits per heavy atom. The summed E-state index contributed by atoms with van der Waals surface area (Å²) in [6.07, 6.45) is 3.56. The van der Waals surface area contributed by atoms with Crippen molar-refractivity contribution in [2.75, 3.05) is 13.7 Å². The lowest BCUT2D eigenvalue weighted by molar-refractivity contribution is 0.0910. The molecule has 18 heavy (non-hydrogen) atoms. The van der Waals surface area contributed by atoms with Gasteiger partial charge in [0.25, 0.3) is 0 Å². The molecule has 0 spiro atoms. The van der Waals surface area contributed by atoms with Crippen LogP contribution < -0.4 is 10.1 Å². The van der Waals surface area contributed by atoms with Crippen molar-refractivity contribution in [3.05, 3.63) is 24.0 Å². The van der Waals surface area contributed by atoms with Crippen LogP contribution in [0.3, 0.4) is 0 Å². The van der Waals surface area contributed by atoms with Crippen LogP contribution >= 0.6 is 0 Å². The van der Waals surface area contributed by atoms with Crippen molar-refractivity contribution >= 4 is 0 Å². The zero-order valence-electron chi connectivity index (χ0n) is 12.0. The van der Waals surface area contributed by atoms with E-state index in [2.05, 4.69) is 31.1 Å². The Bertz CT molecular complexity index is 361. The summed E-state index contributed by atoms with van der Waals surface area (Å²) in [6.45, 7) is 9.74. The monoisotopic (exact) mass is 252 g/mol. The summed E-state index contributed by atoms with van der Waals surface area (Å²) in [5, 5.41) is 3.44. The maximum Gasteiger partial charge on any atom is 0.142 e. The number of aromatic nitrogens is 1. The van der Waals surface area contributed by atoms with E-state index in [1.165, 1.54) is 0 Å². The second-order valence-corrected chi connectivity index (χ2v) is 5.47. The van der Waals surface area contributed by atoms with E-state index in [0.29, 0.717) is 6.61 Å². The van der Waals surface area contributed by atoms with E-state index < -0.39 is 0 Å². The van der Waals surface area contributed by atoms with Crippen LogP contribution in [0.4, 0.5) is 0 Å². The van der Waals surface area contributed by atoms with Crippen molar-refractivity contribution < 1.29 is 9.47 Å². The van der Waals surface area contributed by atoms with Gasteiger partial charge in [-0.25, -0.2) is 0 Å². The zero-order chi connectivity index (χ0) is 13.6. The number of pyridine rings is 1. The summed E-state index contributed by atoms with van der Waals surface area (Å²) in [4.78, 5) is 4.11. The molecule has 0 aliphatic rings. The van der Waals surface area contributed by atoms with E-state index in [1.807, 2.05) is 13.0 Å². The minimum atomic E-state index is 0.0209. The van der Waals surface area contributed by atoms with E-state index in [9.17, 15) is 0 Å². The van der Waals surface area contributed by atoms with Crippen molar-refractivity contribution in [2.45, 2.75) is 45.9 Å². The van der Waals surface area contributed by atoms with E-state index in [4.69, 9.17) is 9.47 Å². The Morgan fingerprint density at radius 1 is 1.39 bits per heavy atom. The quantitative estimate of drug-likeness (QED) is 0.844. The normalized spacial score (nSPS) is 13.4. The molecule has 0 aliphatic carbocycles. The van der Waals surface area contributed by atoms with Gasteiger partial charge in [-0.2, -0.15) is 0 Å². The molecule has 0 aliphatic heterocycles. The molecule has 1 aromatic heterocycles. The van der Waals surface area contributed by atoms with Crippen LogP contribution in [-0.2, 0) is 11.3 Å². The first-order valence-electron chi connectivity index (χ1n) is 6.26. The van der Waals surface area contributed by atoms with E-state index >= 15 is 0 Å². The second kappa shape index (κ2) is 6.71. The van der Waals surface area contributed by atoms with Gasteiger partial charge >= 0.3 is 0 Å². The summed E-state index contributed by atoms with van der Waals surface area (Å²) < 4.78 is 10.9. The standard InChI is InChI=1S/C14H24N2O2/c1-11(10-17-5)18-13-9-15-7-6-12(13)8-16-14(2,3)4/h6-7,9,11,16H,8,10H2,1-5H3. The largest absolute Gasteiger partial charge is 0.486 e. The maximum absolute atomic E-state index is 5.82. The summed E-state index contributed by atoms with van der Waals surface area (Å²) in [5.41, 5.74) is 1.20. The predicted molar refractivity (Wildman–Crippen MR) is 72.8 cm³/mol. The number of nitrogens with one attached hydrogen (secondary N) is 1. The van der Waals surface area contributed by atoms with Crippen molar-refractivity contribution in [3.63, 3.8) is 0 Å². The predicted octanol–water partition coefficient (Wildman–Crippen LogP) is 2.38. The number of hydrogen-bond donors (Lipinski definition) is 1. The topological polar surface area (TPSA) is 43.4 Å². The first-order valence-corrected chi connectivity index (χ1v) is 6.26. The van der Waals surface area contributed by atoms with E-state index in [1.54, 1.807) is 19.5 Å². The first kappa shape index (κ1) is 14.9. The van der Waals surface area contributed by atoms with Gasteiger partial charge < -0.3 is 14.8 Å². The van der Waals surface area contributed by atoms with Gasteiger partial charge in [-0.1, -0.05) is 0 Å². The lowest BCUT2D eigenvalue weighted by atomic mass is 10.1. The molecule has 1 N–H and O–H groups in total. The Balaban J connectivity index is 2.67. The zero-order valence-corrected chi connectivity index (χ0v) is 12.0.